The number of pyridine rings is 1. The van der Waals surface area contributed by atoms with Gasteiger partial charge >= 0.3 is 0 Å². The minimum absolute atomic E-state index is 0.0179. The highest BCUT2D eigenvalue weighted by Crippen LogP contribution is 2.28. The fraction of sp³-hybridized carbons (Fsp3) is 0.263. The zero-order chi connectivity index (χ0) is 18.8. The lowest BCUT2D eigenvalue weighted by Crippen LogP contribution is -2.38. The predicted molar refractivity (Wildman–Crippen MR) is 91.8 cm³/mol. The van der Waals surface area contributed by atoms with Crippen LogP contribution in [0.3, 0.4) is 0 Å². The van der Waals surface area contributed by atoms with Gasteiger partial charge in [0.1, 0.15) is 11.6 Å². The quantitative estimate of drug-likeness (QED) is 0.706. The highest BCUT2D eigenvalue weighted by atomic mass is 19.1. The van der Waals surface area contributed by atoms with E-state index in [4.69, 9.17) is 4.52 Å². The molecule has 3 aromatic rings. The molecule has 1 aromatic carbocycles. The Balaban J connectivity index is 1.42. The molecule has 0 N–H and O–H groups in total. The molecule has 138 valence electrons. The zero-order valence-corrected chi connectivity index (χ0v) is 14.3. The minimum Gasteiger partial charge on any atom is -0.339 e. The van der Waals surface area contributed by atoms with Gasteiger partial charge in [0.25, 0.3) is 11.8 Å². The summed E-state index contributed by atoms with van der Waals surface area (Å²) < 4.78 is 32.0. The van der Waals surface area contributed by atoms with Crippen molar-refractivity contribution in [1.29, 1.82) is 0 Å². The van der Waals surface area contributed by atoms with Crippen LogP contribution in [0.15, 0.2) is 47.2 Å². The number of hydrogen-bond acceptors (Lipinski definition) is 5. The molecular formula is C19H16F2N4O2. The van der Waals surface area contributed by atoms with E-state index in [1.165, 1.54) is 0 Å². The molecule has 0 saturated carbocycles. The number of carbonyl (C=O) groups is 1. The molecule has 27 heavy (non-hydrogen) atoms. The molecule has 1 aliphatic heterocycles. The van der Waals surface area contributed by atoms with Crippen molar-refractivity contribution in [2.75, 3.05) is 13.1 Å². The normalized spacial score (nSPS) is 15.1. The average Bonchev–Trinajstić information content (AvgIpc) is 3.18. The first-order chi connectivity index (χ1) is 13.1. The third kappa shape index (κ3) is 3.69. The van der Waals surface area contributed by atoms with E-state index in [1.54, 1.807) is 23.4 Å². The summed E-state index contributed by atoms with van der Waals surface area (Å²) in [6.07, 6.45) is 4.61. The molecule has 3 heterocycles. The number of rotatable bonds is 3. The third-order valence-corrected chi connectivity index (χ3v) is 4.61. The Hall–Kier alpha value is -3.16. The summed E-state index contributed by atoms with van der Waals surface area (Å²) in [5.74, 6) is -0.834. The molecule has 1 amide bonds. The molecule has 0 spiro atoms. The smallest absolute Gasteiger partial charge is 0.259 e. The number of piperidine rings is 1. The van der Waals surface area contributed by atoms with E-state index in [9.17, 15) is 13.6 Å². The number of carbonyl (C=O) groups excluding carboxylic acids is 1. The van der Waals surface area contributed by atoms with Crippen molar-refractivity contribution in [1.82, 2.24) is 20.0 Å². The molecule has 4 rings (SSSR count). The number of benzene rings is 1. The Morgan fingerprint density at radius 2 is 1.89 bits per heavy atom. The van der Waals surface area contributed by atoms with Crippen LogP contribution in [0, 0.1) is 11.6 Å². The second-order valence-electron chi connectivity index (χ2n) is 6.42. The van der Waals surface area contributed by atoms with Crippen molar-refractivity contribution in [3.63, 3.8) is 0 Å². The summed E-state index contributed by atoms with van der Waals surface area (Å²) in [5.41, 5.74) is 0.765. The molecule has 1 fully saturated rings. The first-order valence-corrected chi connectivity index (χ1v) is 8.59. The first-order valence-electron chi connectivity index (χ1n) is 8.59. The Morgan fingerprint density at radius 3 is 2.56 bits per heavy atom. The van der Waals surface area contributed by atoms with Gasteiger partial charge in [-0.1, -0.05) is 5.16 Å². The number of likely N-dealkylation sites (tertiary alicyclic amines) is 1. The molecule has 0 atom stereocenters. The summed E-state index contributed by atoms with van der Waals surface area (Å²) >= 11 is 0. The van der Waals surface area contributed by atoms with Crippen LogP contribution >= 0.6 is 0 Å². The number of aromatic nitrogens is 3. The lowest BCUT2D eigenvalue weighted by atomic mass is 9.95. The Kier molecular flexibility index (Phi) is 4.62. The van der Waals surface area contributed by atoms with Gasteiger partial charge in [-0.05, 0) is 37.1 Å². The summed E-state index contributed by atoms with van der Waals surface area (Å²) in [4.78, 5) is 22.5. The molecule has 0 aliphatic carbocycles. The van der Waals surface area contributed by atoms with Crippen LogP contribution in [0.2, 0.25) is 0 Å². The summed E-state index contributed by atoms with van der Waals surface area (Å²) in [7, 11) is 0. The first kappa shape index (κ1) is 17.3. The molecule has 0 radical (unpaired) electrons. The molecule has 0 bridgehead atoms. The van der Waals surface area contributed by atoms with Crippen LogP contribution in [-0.4, -0.2) is 39.0 Å². The fourth-order valence-electron chi connectivity index (χ4n) is 3.21. The van der Waals surface area contributed by atoms with Gasteiger partial charge in [0, 0.05) is 43.0 Å². The van der Waals surface area contributed by atoms with E-state index in [1.807, 2.05) is 6.07 Å². The maximum absolute atomic E-state index is 13.3. The van der Waals surface area contributed by atoms with Crippen LogP contribution in [-0.2, 0) is 0 Å². The Morgan fingerprint density at radius 1 is 1.15 bits per heavy atom. The second-order valence-corrected chi connectivity index (χ2v) is 6.42. The maximum atomic E-state index is 13.3. The highest BCUT2D eigenvalue weighted by molar-refractivity contribution is 5.94. The van der Waals surface area contributed by atoms with E-state index in [0.717, 1.165) is 23.8 Å². The second kappa shape index (κ2) is 7.22. The highest BCUT2D eigenvalue weighted by Gasteiger charge is 2.28. The molecule has 8 heteroatoms. The molecule has 2 aromatic heterocycles. The average molecular weight is 370 g/mol. The number of hydrogen-bond donors (Lipinski definition) is 0. The monoisotopic (exact) mass is 370 g/mol. The maximum Gasteiger partial charge on any atom is 0.259 e. The summed E-state index contributed by atoms with van der Waals surface area (Å²) in [6, 6.07) is 6.48. The van der Waals surface area contributed by atoms with Gasteiger partial charge < -0.3 is 9.42 Å². The molecule has 1 saturated heterocycles. The lowest BCUT2D eigenvalue weighted by molar-refractivity contribution is 0.0709. The van der Waals surface area contributed by atoms with E-state index in [2.05, 4.69) is 15.1 Å². The van der Waals surface area contributed by atoms with Gasteiger partial charge in [0.2, 0.25) is 0 Å². The van der Waals surface area contributed by atoms with Gasteiger partial charge in [0.05, 0.1) is 5.56 Å². The lowest BCUT2D eigenvalue weighted by Gasteiger charge is -2.30. The molecule has 6 nitrogen and oxygen atoms in total. The van der Waals surface area contributed by atoms with Gasteiger partial charge in [-0.15, -0.1) is 0 Å². The van der Waals surface area contributed by atoms with Crippen molar-refractivity contribution in [3.05, 3.63) is 65.7 Å². The van der Waals surface area contributed by atoms with Crippen LogP contribution in [0.4, 0.5) is 8.78 Å². The topological polar surface area (TPSA) is 72.1 Å². The largest absolute Gasteiger partial charge is 0.339 e. The Bertz CT molecular complexity index is 933. The SMILES string of the molecule is O=C(c1cc(F)cc(F)c1)N1CCC(c2noc(-c3cccnc3)n2)CC1. The van der Waals surface area contributed by atoms with Crippen molar-refractivity contribution in [3.8, 4) is 11.5 Å². The summed E-state index contributed by atoms with van der Waals surface area (Å²) in [5, 5.41) is 4.05. The number of amides is 1. The standard InChI is InChI=1S/C19H16F2N4O2/c20-15-8-14(9-16(21)10-15)19(26)25-6-3-12(4-7-25)17-23-18(27-24-17)13-2-1-5-22-11-13/h1-2,5,8-12H,3-4,6-7H2. The van der Waals surface area contributed by atoms with Crippen molar-refractivity contribution < 1.29 is 18.1 Å². The zero-order valence-electron chi connectivity index (χ0n) is 14.3. The van der Waals surface area contributed by atoms with E-state index >= 15 is 0 Å². The van der Waals surface area contributed by atoms with Crippen molar-refractivity contribution in [2.45, 2.75) is 18.8 Å². The van der Waals surface area contributed by atoms with Crippen molar-refractivity contribution >= 4 is 5.91 Å². The number of nitrogens with zero attached hydrogens (tertiary/aromatic N) is 4. The fourth-order valence-corrected chi connectivity index (χ4v) is 3.21. The van der Waals surface area contributed by atoms with Gasteiger partial charge in [-0.25, -0.2) is 8.78 Å². The van der Waals surface area contributed by atoms with Gasteiger partial charge in [0.15, 0.2) is 5.82 Å². The minimum atomic E-state index is -0.761. The van der Waals surface area contributed by atoms with Gasteiger partial charge in [-0.2, -0.15) is 4.98 Å². The van der Waals surface area contributed by atoms with E-state index in [0.29, 0.717) is 37.6 Å². The molecule has 0 unspecified atom stereocenters. The Labute approximate surface area is 153 Å². The van der Waals surface area contributed by atoms with Crippen molar-refractivity contribution in [2.24, 2.45) is 0 Å². The number of halogens is 2. The molecular weight excluding hydrogens is 354 g/mol. The predicted octanol–water partition coefficient (Wildman–Crippen LogP) is 3.43. The van der Waals surface area contributed by atoms with E-state index in [-0.39, 0.29) is 17.4 Å². The van der Waals surface area contributed by atoms with Crippen LogP contribution < -0.4 is 0 Å². The van der Waals surface area contributed by atoms with Crippen LogP contribution in [0.1, 0.15) is 34.9 Å². The van der Waals surface area contributed by atoms with Crippen LogP contribution in [0.25, 0.3) is 11.5 Å². The van der Waals surface area contributed by atoms with Gasteiger partial charge in [-0.3, -0.25) is 9.78 Å². The third-order valence-electron chi connectivity index (χ3n) is 4.61. The summed E-state index contributed by atoms with van der Waals surface area (Å²) in [6.45, 7) is 0.913. The molecule has 1 aliphatic rings. The van der Waals surface area contributed by atoms with Crippen LogP contribution in [0.5, 0.6) is 0 Å². The van der Waals surface area contributed by atoms with E-state index < -0.39 is 11.6 Å².